The Morgan fingerprint density at radius 2 is 1.96 bits per heavy atom. The average molecular weight is 360 g/mol. The number of nitrogens with one attached hydrogen (secondary N) is 1. The Balaban J connectivity index is 1.49. The second-order valence-electron chi connectivity index (χ2n) is 7.00. The van der Waals surface area contributed by atoms with E-state index in [0.717, 1.165) is 56.2 Å². The van der Waals surface area contributed by atoms with Crippen molar-refractivity contribution >= 4 is 28.5 Å². The lowest BCUT2D eigenvalue weighted by atomic mass is 9.92. The van der Waals surface area contributed by atoms with Gasteiger partial charge in [0.1, 0.15) is 0 Å². The van der Waals surface area contributed by atoms with Crippen molar-refractivity contribution in [3.63, 3.8) is 0 Å². The van der Waals surface area contributed by atoms with E-state index in [-0.39, 0.29) is 23.6 Å². The predicted octanol–water partition coefficient (Wildman–Crippen LogP) is 3.50. The minimum Gasteiger partial charge on any atom is -0.342 e. The van der Waals surface area contributed by atoms with Crippen LogP contribution in [0.4, 0.5) is 0 Å². The fourth-order valence-corrected chi connectivity index (χ4v) is 4.26. The Hall–Kier alpha value is -2.01. The molecule has 1 aliphatic heterocycles. The zero-order chi connectivity index (χ0) is 17.4. The molecule has 1 N–H and O–H groups in total. The number of piperidine rings is 1. The highest BCUT2D eigenvalue weighted by molar-refractivity contribution is 6.31. The molecule has 2 aliphatic rings. The fraction of sp³-hybridized carbons (Fsp3) is 0.474. The van der Waals surface area contributed by atoms with Gasteiger partial charge in [0.25, 0.3) is 0 Å². The number of likely N-dealkylation sites (tertiary alicyclic amines) is 1. The van der Waals surface area contributed by atoms with Gasteiger partial charge in [-0.3, -0.25) is 9.36 Å². The number of amides is 1. The van der Waals surface area contributed by atoms with Crippen LogP contribution in [0.5, 0.6) is 0 Å². The van der Waals surface area contributed by atoms with E-state index in [0.29, 0.717) is 5.02 Å². The molecule has 1 amide bonds. The zero-order valence-electron chi connectivity index (χ0n) is 14.1. The molecule has 6 heteroatoms. The van der Waals surface area contributed by atoms with Crippen LogP contribution in [0.1, 0.15) is 38.1 Å². The summed E-state index contributed by atoms with van der Waals surface area (Å²) in [4.78, 5) is 29.9. The molecule has 2 aromatic rings. The van der Waals surface area contributed by atoms with E-state index in [1.54, 1.807) is 6.07 Å². The number of hydrogen-bond donors (Lipinski definition) is 1. The predicted molar refractivity (Wildman–Crippen MR) is 98.9 cm³/mol. The van der Waals surface area contributed by atoms with Gasteiger partial charge in [-0.05, 0) is 50.3 Å². The lowest BCUT2D eigenvalue weighted by Gasteiger charge is -2.35. The minimum absolute atomic E-state index is 0.0977. The standard InChI is InChI=1S/C19H22ClN3O2/c20-14-6-7-17-16(12-14)21-19(25)23(17)15-8-10-22(11-9-15)18(24)13-4-2-1-3-5-13/h1-2,6-7,12-13,15H,3-5,8-11H2,(H,21,25). The van der Waals surface area contributed by atoms with E-state index in [1.807, 2.05) is 21.6 Å². The van der Waals surface area contributed by atoms with Gasteiger partial charge in [0.05, 0.1) is 11.0 Å². The third-order valence-electron chi connectivity index (χ3n) is 5.44. The molecule has 1 atom stereocenters. The quantitative estimate of drug-likeness (QED) is 0.834. The van der Waals surface area contributed by atoms with Crippen LogP contribution in [0.3, 0.4) is 0 Å². The van der Waals surface area contributed by atoms with Crippen LogP contribution < -0.4 is 5.69 Å². The van der Waals surface area contributed by atoms with Crippen molar-refractivity contribution in [2.75, 3.05) is 13.1 Å². The first kappa shape index (κ1) is 16.5. The molecular weight excluding hydrogens is 338 g/mol. The molecule has 1 aromatic heterocycles. The number of benzene rings is 1. The van der Waals surface area contributed by atoms with Crippen molar-refractivity contribution in [1.82, 2.24) is 14.5 Å². The molecule has 1 unspecified atom stereocenters. The summed E-state index contributed by atoms with van der Waals surface area (Å²) in [5, 5.41) is 0.614. The monoisotopic (exact) mass is 359 g/mol. The van der Waals surface area contributed by atoms with E-state index in [4.69, 9.17) is 11.6 Å². The van der Waals surface area contributed by atoms with Gasteiger partial charge in [-0.15, -0.1) is 0 Å². The first-order valence-electron chi connectivity index (χ1n) is 8.97. The Bertz CT molecular complexity index is 874. The maximum atomic E-state index is 12.7. The number of nitrogens with zero attached hydrogens (tertiary/aromatic N) is 2. The molecule has 2 heterocycles. The number of imidazole rings is 1. The lowest BCUT2D eigenvalue weighted by molar-refractivity contribution is -0.137. The number of carbonyl (C=O) groups is 1. The summed E-state index contributed by atoms with van der Waals surface area (Å²) in [5.74, 6) is 0.417. The molecule has 1 aliphatic carbocycles. The summed E-state index contributed by atoms with van der Waals surface area (Å²) in [5.41, 5.74) is 1.56. The molecule has 132 valence electrons. The number of aromatic nitrogens is 2. The van der Waals surface area contributed by atoms with Gasteiger partial charge in [0.2, 0.25) is 5.91 Å². The van der Waals surface area contributed by atoms with Gasteiger partial charge in [-0.25, -0.2) is 4.79 Å². The molecule has 0 saturated carbocycles. The van der Waals surface area contributed by atoms with Crippen LogP contribution in [0.2, 0.25) is 5.02 Å². The van der Waals surface area contributed by atoms with E-state index < -0.39 is 0 Å². The second-order valence-corrected chi connectivity index (χ2v) is 7.44. The number of halogens is 1. The molecule has 4 rings (SSSR count). The molecule has 0 spiro atoms. The third-order valence-corrected chi connectivity index (χ3v) is 5.67. The highest BCUT2D eigenvalue weighted by Crippen LogP contribution is 2.28. The zero-order valence-corrected chi connectivity index (χ0v) is 14.8. The summed E-state index contributed by atoms with van der Waals surface area (Å²) in [6, 6.07) is 5.60. The van der Waals surface area contributed by atoms with Gasteiger partial charge in [0, 0.05) is 30.1 Å². The first-order valence-corrected chi connectivity index (χ1v) is 9.35. The SMILES string of the molecule is O=C(C1CC=CCC1)N1CCC(n2c(=O)[nH]c3cc(Cl)ccc32)CC1. The normalized spacial score (nSPS) is 21.8. The number of fused-ring (bicyclic) bond motifs is 1. The van der Waals surface area contributed by atoms with Crippen molar-refractivity contribution in [1.29, 1.82) is 0 Å². The van der Waals surface area contributed by atoms with Crippen molar-refractivity contribution in [3.8, 4) is 0 Å². The highest BCUT2D eigenvalue weighted by Gasteiger charge is 2.29. The number of carbonyl (C=O) groups excluding carboxylic acids is 1. The molecule has 1 aromatic carbocycles. The summed E-state index contributed by atoms with van der Waals surface area (Å²) < 4.78 is 1.83. The number of hydrogen-bond acceptors (Lipinski definition) is 2. The van der Waals surface area contributed by atoms with Crippen molar-refractivity contribution in [2.45, 2.75) is 38.1 Å². The Kier molecular flexibility index (Phi) is 4.42. The van der Waals surface area contributed by atoms with E-state index in [2.05, 4.69) is 17.1 Å². The van der Waals surface area contributed by atoms with Crippen LogP contribution in [0.25, 0.3) is 11.0 Å². The summed E-state index contributed by atoms with van der Waals surface area (Å²) in [6.45, 7) is 1.44. The van der Waals surface area contributed by atoms with E-state index in [1.165, 1.54) is 0 Å². The number of aromatic amines is 1. The average Bonchev–Trinajstić information content (AvgIpc) is 2.97. The molecule has 0 bridgehead atoms. The maximum Gasteiger partial charge on any atom is 0.326 e. The van der Waals surface area contributed by atoms with E-state index in [9.17, 15) is 9.59 Å². The lowest BCUT2D eigenvalue weighted by Crippen LogP contribution is -2.43. The molecular formula is C19H22ClN3O2. The smallest absolute Gasteiger partial charge is 0.326 e. The van der Waals surface area contributed by atoms with Gasteiger partial charge in [-0.2, -0.15) is 0 Å². The van der Waals surface area contributed by atoms with Gasteiger partial charge in [-0.1, -0.05) is 23.8 Å². The first-order chi connectivity index (χ1) is 12.1. The largest absolute Gasteiger partial charge is 0.342 e. The Morgan fingerprint density at radius 3 is 2.68 bits per heavy atom. The summed E-state index contributed by atoms with van der Waals surface area (Å²) in [6.07, 6.45) is 8.72. The van der Waals surface area contributed by atoms with Crippen molar-refractivity contribution in [2.24, 2.45) is 5.92 Å². The Morgan fingerprint density at radius 1 is 1.16 bits per heavy atom. The van der Waals surface area contributed by atoms with Crippen LogP contribution in [0.15, 0.2) is 35.1 Å². The molecule has 0 radical (unpaired) electrons. The van der Waals surface area contributed by atoms with Crippen LogP contribution in [-0.2, 0) is 4.79 Å². The number of allylic oxidation sites excluding steroid dienone is 2. The summed E-state index contributed by atoms with van der Waals surface area (Å²) in [7, 11) is 0. The topological polar surface area (TPSA) is 58.1 Å². The molecule has 25 heavy (non-hydrogen) atoms. The highest BCUT2D eigenvalue weighted by atomic mass is 35.5. The van der Waals surface area contributed by atoms with Crippen molar-refractivity contribution < 1.29 is 4.79 Å². The van der Waals surface area contributed by atoms with Crippen molar-refractivity contribution in [3.05, 3.63) is 45.9 Å². The van der Waals surface area contributed by atoms with Crippen LogP contribution in [0, 0.1) is 5.92 Å². The number of rotatable bonds is 2. The van der Waals surface area contributed by atoms with Crippen LogP contribution >= 0.6 is 11.6 Å². The second kappa shape index (κ2) is 6.71. The number of H-pyrrole nitrogens is 1. The van der Waals surface area contributed by atoms with Gasteiger partial charge >= 0.3 is 5.69 Å². The maximum absolute atomic E-state index is 12.7. The van der Waals surface area contributed by atoms with Crippen LogP contribution in [-0.4, -0.2) is 33.4 Å². The fourth-order valence-electron chi connectivity index (χ4n) is 4.09. The van der Waals surface area contributed by atoms with E-state index >= 15 is 0 Å². The molecule has 1 fully saturated rings. The Labute approximate surface area is 151 Å². The third kappa shape index (κ3) is 3.13. The minimum atomic E-state index is -0.0977. The van der Waals surface area contributed by atoms with Gasteiger partial charge in [0.15, 0.2) is 0 Å². The summed E-state index contributed by atoms with van der Waals surface area (Å²) >= 11 is 6.01. The molecule has 1 saturated heterocycles. The molecule has 5 nitrogen and oxygen atoms in total. The van der Waals surface area contributed by atoms with Gasteiger partial charge < -0.3 is 9.88 Å².